The second kappa shape index (κ2) is 11.0. The first kappa shape index (κ1) is 27.1. The molecule has 4 aromatic rings. The number of hydrogen-bond donors (Lipinski definition) is 1. The summed E-state index contributed by atoms with van der Waals surface area (Å²) >= 11 is 1.44. The van der Waals surface area contributed by atoms with Crippen molar-refractivity contribution in [1.82, 2.24) is 29.2 Å². The van der Waals surface area contributed by atoms with E-state index in [0.29, 0.717) is 37.3 Å². The number of aliphatic hydroxyl groups excluding tert-OH is 1. The highest BCUT2D eigenvalue weighted by atomic mass is 32.1. The fraction of sp³-hybridized carbons (Fsp3) is 0.393. The van der Waals surface area contributed by atoms with Gasteiger partial charge in [0.2, 0.25) is 5.91 Å². The molecule has 1 N–H and O–H groups in total. The van der Waals surface area contributed by atoms with E-state index in [4.69, 9.17) is 15.0 Å². The lowest BCUT2D eigenvalue weighted by Gasteiger charge is -2.39. The number of nitriles is 1. The molecule has 0 radical (unpaired) electrons. The molecule has 6 rings (SSSR count). The van der Waals surface area contributed by atoms with Crippen molar-refractivity contribution in [2.24, 2.45) is 0 Å². The normalized spacial score (nSPS) is 16.2. The van der Waals surface area contributed by atoms with E-state index in [1.54, 1.807) is 17.2 Å². The Kier molecular flexibility index (Phi) is 7.29. The monoisotopic (exact) mass is 575 g/mol. The Hall–Kier alpha value is -4.12. The van der Waals surface area contributed by atoms with Crippen molar-refractivity contribution in [3.8, 4) is 17.3 Å². The number of aliphatic hydroxyl groups is 1. The lowest BCUT2D eigenvalue weighted by molar-refractivity contribution is -0.142. The van der Waals surface area contributed by atoms with Crippen molar-refractivity contribution >= 4 is 39.7 Å². The highest BCUT2D eigenvalue weighted by Gasteiger charge is 2.30. The number of aromatic nitrogens is 4. The summed E-state index contributed by atoms with van der Waals surface area (Å²) in [6, 6.07) is 6.20. The van der Waals surface area contributed by atoms with Gasteiger partial charge < -0.3 is 19.8 Å². The largest absolute Gasteiger partial charge is 0.389 e. The minimum Gasteiger partial charge on any atom is -0.389 e. The molecule has 11 nitrogen and oxygen atoms in total. The summed E-state index contributed by atoms with van der Waals surface area (Å²) in [6.07, 6.45) is 4.10. The molecule has 2 fully saturated rings. The minimum atomic E-state index is -0.456. The maximum atomic E-state index is 13.7. The van der Waals surface area contributed by atoms with Gasteiger partial charge in [-0.25, -0.2) is 19.3 Å². The molecule has 2 aliphatic heterocycles. The van der Waals surface area contributed by atoms with Gasteiger partial charge in [-0.3, -0.25) is 14.1 Å². The first-order valence-electron chi connectivity index (χ1n) is 13.5. The van der Waals surface area contributed by atoms with Gasteiger partial charge in [-0.1, -0.05) is 6.92 Å². The Labute approximate surface area is 240 Å². The third-order valence-electron chi connectivity index (χ3n) is 7.62. The Morgan fingerprint density at radius 1 is 1.24 bits per heavy atom. The van der Waals surface area contributed by atoms with Crippen LogP contribution in [-0.4, -0.2) is 99.1 Å². The molecule has 1 amide bonds. The molecule has 5 heterocycles. The number of piperazine rings is 1. The number of nitrogens with zero attached hydrogens (tertiary/aromatic N) is 9. The van der Waals surface area contributed by atoms with Crippen molar-refractivity contribution in [2.75, 3.05) is 62.7 Å². The molecule has 0 bridgehead atoms. The number of likely N-dealkylation sites (tertiary alicyclic amines) is 1. The van der Waals surface area contributed by atoms with Crippen LogP contribution in [0.4, 0.5) is 21.2 Å². The molecular weight excluding hydrogens is 545 g/mol. The van der Waals surface area contributed by atoms with E-state index in [1.165, 1.54) is 23.5 Å². The van der Waals surface area contributed by atoms with Crippen LogP contribution in [0.3, 0.4) is 0 Å². The molecule has 2 saturated heterocycles. The van der Waals surface area contributed by atoms with E-state index in [1.807, 2.05) is 27.9 Å². The Bertz CT molecular complexity index is 1630. The molecule has 0 spiro atoms. The molecule has 0 atom stereocenters. The van der Waals surface area contributed by atoms with E-state index < -0.39 is 5.82 Å². The van der Waals surface area contributed by atoms with Crippen molar-refractivity contribution in [3.05, 3.63) is 53.0 Å². The summed E-state index contributed by atoms with van der Waals surface area (Å²) in [7, 11) is 1.94. The quantitative estimate of drug-likeness (QED) is 0.355. The predicted molar refractivity (Wildman–Crippen MR) is 154 cm³/mol. The summed E-state index contributed by atoms with van der Waals surface area (Å²) in [6.45, 7) is 6.25. The molecule has 0 unspecified atom stereocenters. The molecule has 212 valence electrons. The zero-order valence-electron chi connectivity index (χ0n) is 22.9. The summed E-state index contributed by atoms with van der Waals surface area (Å²) in [5.74, 6) is 1.32. The van der Waals surface area contributed by atoms with Crippen LogP contribution in [0.15, 0.2) is 36.0 Å². The zero-order chi connectivity index (χ0) is 28.7. The van der Waals surface area contributed by atoms with Crippen molar-refractivity contribution in [3.63, 3.8) is 0 Å². The van der Waals surface area contributed by atoms with Crippen molar-refractivity contribution in [2.45, 2.75) is 19.4 Å². The second-order valence-electron chi connectivity index (χ2n) is 10.3. The first-order valence-corrected chi connectivity index (χ1v) is 14.4. The van der Waals surface area contributed by atoms with Gasteiger partial charge in [0.15, 0.2) is 10.8 Å². The third kappa shape index (κ3) is 5.21. The van der Waals surface area contributed by atoms with Gasteiger partial charge in [0, 0.05) is 57.3 Å². The standard InChI is InChI=1S/C28H30FN9O2S/c1-3-22-27(34(2)28-33-23(17-41-28)21-5-4-19(29)10-18(21)11-30)38-15-25(31-12-24(38)32-22)36-8-6-35(7-9-36)16-26(40)37-13-20(39)14-37/h4-5,10,12,15,17,20,39H,3,6-9,13-14,16H2,1-2H3. The number of β-amino-alcohol motifs (C(OH)–C–C–N with tert-alkyl or cyclic N) is 1. The van der Waals surface area contributed by atoms with Gasteiger partial charge in [0.25, 0.3) is 0 Å². The molecule has 2 aliphatic rings. The summed E-state index contributed by atoms with van der Waals surface area (Å²) < 4.78 is 15.7. The third-order valence-corrected chi connectivity index (χ3v) is 8.54. The van der Waals surface area contributed by atoms with Crippen molar-refractivity contribution < 1.29 is 14.3 Å². The van der Waals surface area contributed by atoms with Gasteiger partial charge in [0.1, 0.15) is 17.5 Å². The van der Waals surface area contributed by atoms with Gasteiger partial charge >= 0.3 is 0 Å². The second-order valence-corrected chi connectivity index (χ2v) is 11.1. The summed E-state index contributed by atoms with van der Waals surface area (Å²) in [5.41, 5.74) is 3.09. The number of rotatable bonds is 7. The van der Waals surface area contributed by atoms with Crippen LogP contribution in [-0.2, 0) is 11.2 Å². The lowest BCUT2D eigenvalue weighted by Crippen LogP contribution is -2.57. The highest BCUT2D eigenvalue weighted by Crippen LogP contribution is 2.35. The van der Waals surface area contributed by atoms with Gasteiger partial charge in [-0.05, 0) is 24.6 Å². The maximum Gasteiger partial charge on any atom is 0.236 e. The summed E-state index contributed by atoms with van der Waals surface area (Å²) in [5, 5.41) is 21.5. The molecule has 13 heteroatoms. The van der Waals surface area contributed by atoms with E-state index in [2.05, 4.69) is 22.8 Å². The summed E-state index contributed by atoms with van der Waals surface area (Å²) in [4.78, 5) is 34.7. The molecule has 41 heavy (non-hydrogen) atoms. The molecule has 1 aromatic carbocycles. The Balaban J connectivity index is 1.22. The molecule has 0 aliphatic carbocycles. The number of aryl methyl sites for hydroxylation is 1. The van der Waals surface area contributed by atoms with Gasteiger partial charge in [0.05, 0.1) is 48.1 Å². The molecule has 0 saturated carbocycles. The van der Waals surface area contributed by atoms with Crippen LogP contribution in [0.25, 0.3) is 16.9 Å². The van der Waals surface area contributed by atoms with Crippen LogP contribution in [0.5, 0.6) is 0 Å². The van der Waals surface area contributed by atoms with E-state index in [9.17, 15) is 19.6 Å². The highest BCUT2D eigenvalue weighted by molar-refractivity contribution is 7.14. The van der Waals surface area contributed by atoms with E-state index in [0.717, 1.165) is 54.3 Å². The minimum absolute atomic E-state index is 0.0649. The van der Waals surface area contributed by atoms with E-state index >= 15 is 0 Å². The number of thiazole rings is 1. The smallest absolute Gasteiger partial charge is 0.236 e. The average Bonchev–Trinajstić information content (AvgIpc) is 3.60. The van der Waals surface area contributed by atoms with Crippen LogP contribution >= 0.6 is 11.3 Å². The Morgan fingerprint density at radius 2 is 2.02 bits per heavy atom. The van der Waals surface area contributed by atoms with Crippen LogP contribution in [0.2, 0.25) is 0 Å². The van der Waals surface area contributed by atoms with Crippen LogP contribution in [0, 0.1) is 17.1 Å². The zero-order valence-corrected chi connectivity index (χ0v) is 23.7. The van der Waals surface area contributed by atoms with Crippen LogP contribution in [0.1, 0.15) is 18.2 Å². The molecular formula is C28H30FN9O2S. The SMILES string of the molecule is CCc1nc2cnc(N3CCN(CC(=O)N4CC(O)C4)CC3)cn2c1N(C)c1nc(-c2ccc(F)cc2C#N)cs1. The maximum absolute atomic E-state index is 13.7. The number of imidazole rings is 1. The number of hydrogen-bond acceptors (Lipinski definition) is 10. The Morgan fingerprint density at radius 3 is 2.73 bits per heavy atom. The predicted octanol–water partition coefficient (Wildman–Crippen LogP) is 2.52. The number of halogens is 1. The number of anilines is 3. The lowest BCUT2D eigenvalue weighted by atomic mass is 10.1. The number of amides is 1. The van der Waals surface area contributed by atoms with Gasteiger partial charge in [-0.15, -0.1) is 11.3 Å². The fourth-order valence-electron chi connectivity index (χ4n) is 5.29. The molecule has 3 aromatic heterocycles. The average molecular weight is 576 g/mol. The fourth-order valence-corrected chi connectivity index (χ4v) is 6.08. The topological polar surface area (TPSA) is 117 Å². The number of fused-ring (bicyclic) bond motifs is 1. The van der Waals surface area contributed by atoms with Gasteiger partial charge in [-0.2, -0.15) is 5.26 Å². The van der Waals surface area contributed by atoms with E-state index in [-0.39, 0.29) is 17.6 Å². The van der Waals surface area contributed by atoms with Crippen molar-refractivity contribution in [1.29, 1.82) is 5.26 Å². The number of carbonyl (C=O) groups excluding carboxylic acids is 1. The number of carbonyl (C=O) groups is 1. The first-order chi connectivity index (χ1) is 19.8. The van der Waals surface area contributed by atoms with Crippen LogP contribution < -0.4 is 9.80 Å². The number of benzene rings is 1.